The van der Waals surface area contributed by atoms with E-state index >= 15 is 0 Å². The second-order valence-corrected chi connectivity index (χ2v) is 8.55. The average Bonchev–Trinajstić information content (AvgIpc) is 3.07. The van der Waals surface area contributed by atoms with E-state index in [1.165, 1.54) is 9.80 Å². The lowest BCUT2D eigenvalue weighted by atomic mass is 9.90. The van der Waals surface area contributed by atoms with E-state index < -0.39 is 35.3 Å². The number of benzene rings is 1. The van der Waals surface area contributed by atoms with Crippen LogP contribution in [0.1, 0.15) is 36.1 Å². The number of aryl methyl sites for hydroxylation is 2. The predicted octanol–water partition coefficient (Wildman–Crippen LogP) is 1.26. The number of amides is 4. The van der Waals surface area contributed by atoms with Crippen molar-refractivity contribution < 1.29 is 33.4 Å². The maximum absolute atomic E-state index is 13.8. The highest BCUT2D eigenvalue weighted by molar-refractivity contribution is 6.09. The Balaban J connectivity index is 1.84. The molecule has 33 heavy (non-hydrogen) atoms. The number of urea groups is 2. The van der Waals surface area contributed by atoms with Crippen molar-refractivity contribution in [3.05, 3.63) is 34.4 Å². The molecule has 11 nitrogen and oxygen atoms in total. The van der Waals surface area contributed by atoms with Gasteiger partial charge in [0, 0.05) is 0 Å². The Hall–Kier alpha value is -3.34. The van der Waals surface area contributed by atoms with Crippen LogP contribution in [-0.4, -0.2) is 81.6 Å². The SMILES string of the molecule is CCOC(=O)[C@]12N3COCN1C(=O)N1Cc4cc(C)c(C)cc4CN(C3=O)[C@]12C(=O)OCC. The number of fused-ring (bicyclic) bond motifs is 1. The number of carbonyl (C=O) groups excluding carboxylic acids is 4. The number of hydrogen-bond acceptors (Lipinski definition) is 7. The molecule has 0 N–H and O–H groups in total. The molecular weight excluding hydrogens is 432 g/mol. The maximum atomic E-state index is 13.8. The summed E-state index contributed by atoms with van der Waals surface area (Å²) in [7, 11) is 0. The van der Waals surface area contributed by atoms with Crippen molar-refractivity contribution in [3.8, 4) is 0 Å². The van der Waals surface area contributed by atoms with Crippen molar-refractivity contribution in [2.75, 3.05) is 26.7 Å². The molecule has 3 saturated heterocycles. The van der Waals surface area contributed by atoms with Crippen LogP contribution in [0.15, 0.2) is 12.1 Å². The van der Waals surface area contributed by atoms with Gasteiger partial charge in [-0.1, -0.05) is 12.1 Å². The fourth-order valence-electron chi connectivity index (χ4n) is 5.53. The Labute approximate surface area is 190 Å². The van der Waals surface area contributed by atoms with Gasteiger partial charge >= 0.3 is 24.0 Å². The fourth-order valence-corrected chi connectivity index (χ4v) is 5.53. The first-order chi connectivity index (χ1) is 15.8. The zero-order valence-corrected chi connectivity index (χ0v) is 19.0. The average molecular weight is 458 g/mol. The molecule has 4 aliphatic rings. The zero-order valence-electron chi connectivity index (χ0n) is 19.0. The van der Waals surface area contributed by atoms with Crippen LogP contribution in [0.5, 0.6) is 0 Å². The van der Waals surface area contributed by atoms with Crippen molar-refractivity contribution in [2.24, 2.45) is 0 Å². The molecule has 0 atom stereocenters. The van der Waals surface area contributed by atoms with Crippen molar-refractivity contribution in [2.45, 2.75) is 52.1 Å². The zero-order chi connectivity index (χ0) is 23.7. The van der Waals surface area contributed by atoms with Crippen LogP contribution in [0.2, 0.25) is 0 Å². The lowest BCUT2D eigenvalue weighted by Crippen LogP contribution is -2.77. The smallest absolute Gasteiger partial charge is 0.359 e. The monoisotopic (exact) mass is 458 g/mol. The third kappa shape index (κ3) is 2.32. The van der Waals surface area contributed by atoms with Gasteiger partial charge in [-0.3, -0.25) is 19.6 Å². The molecule has 11 heteroatoms. The Kier molecular flexibility index (Phi) is 4.61. The number of esters is 2. The van der Waals surface area contributed by atoms with E-state index in [1.807, 2.05) is 26.0 Å². The van der Waals surface area contributed by atoms with E-state index in [0.29, 0.717) is 0 Å². The number of nitrogens with zero attached hydrogens (tertiary/aromatic N) is 4. The van der Waals surface area contributed by atoms with Crippen LogP contribution < -0.4 is 0 Å². The first-order valence-corrected chi connectivity index (χ1v) is 11.0. The summed E-state index contributed by atoms with van der Waals surface area (Å²) in [5.74, 6) is -1.72. The van der Waals surface area contributed by atoms with Crippen LogP contribution in [0, 0.1) is 13.8 Å². The highest BCUT2D eigenvalue weighted by Gasteiger charge is 2.88. The molecule has 0 unspecified atom stereocenters. The van der Waals surface area contributed by atoms with Crippen molar-refractivity contribution >= 4 is 24.0 Å². The third-order valence-electron chi connectivity index (χ3n) is 7.01. The predicted molar refractivity (Wildman–Crippen MR) is 111 cm³/mol. The van der Waals surface area contributed by atoms with Crippen molar-refractivity contribution in [1.82, 2.24) is 19.6 Å². The summed E-state index contributed by atoms with van der Waals surface area (Å²) < 4.78 is 16.4. The van der Waals surface area contributed by atoms with Crippen LogP contribution in [0.3, 0.4) is 0 Å². The second kappa shape index (κ2) is 7.08. The van der Waals surface area contributed by atoms with E-state index in [0.717, 1.165) is 32.1 Å². The normalized spacial score (nSPS) is 27.4. The molecule has 0 bridgehead atoms. The number of rotatable bonds is 4. The van der Waals surface area contributed by atoms with E-state index in [4.69, 9.17) is 14.2 Å². The van der Waals surface area contributed by atoms with Gasteiger partial charge in [-0.15, -0.1) is 0 Å². The Morgan fingerprint density at radius 1 is 0.818 bits per heavy atom. The van der Waals surface area contributed by atoms with Gasteiger partial charge in [-0.05, 0) is 49.9 Å². The minimum absolute atomic E-state index is 0.00300. The standard InChI is InChI=1S/C22H26N4O7/c1-5-32-17(27)21-22(18(28)33-6-2)25-11-31-12-26(22)20(30)24(21)10-16-8-14(4)13(3)7-15(16)9-23(21)19(25)29/h7-8H,5-6,9-12H2,1-4H3/t21-,22+. The van der Waals surface area contributed by atoms with Crippen molar-refractivity contribution in [3.63, 3.8) is 0 Å². The molecule has 1 aromatic carbocycles. The Bertz CT molecular complexity index is 1030. The van der Waals surface area contributed by atoms with Crippen LogP contribution in [0.4, 0.5) is 9.59 Å². The summed E-state index contributed by atoms with van der Waals surface area (Å²) in [5, 5.41) is 0. The molecule has 0 aliphatic carbocycles. The van der Waals surface area contributed by atoms with Gasteiger partial charge in [-0.2, -0.15) is 0 Å². The lowest BCUT2D eigenvalue weighted by Gasteiger charge is -2.46. The van der Waals surface area contributed by atoms with Gasteiger partial charge < -0.3 is 14.2 Å². The molecule has 0 spiro atoms. The largest absolute Gasteiger partial charge is 0.463 e. The summed E-state index contributed by atoms with van der Waals surface area (Å²) in [6.07, 6.45) is 0. The van der Waals surface area contributed by atoms with Gasteiger partial charge in [0.1, 0.15) is 13.5 Å². The number of ether oxygens (including phenoxy) is 3. The van der Waals surface area contributed by atoms with E-state index in [-0.39, 0.29) is 39.8 Å². The number of carbonyl (C=O) groups is 4. The summed E-state index contributed by atoms with van der Waals surface area (Å²) in [6.45, 7) is 6.67. The maximum Gasteiger partial charge on any atom is 0.359 e. The summed E-state index contributed by atoms with van der Waals surface area (Å²) in [6, 6.07) is 2.69. The molecular formula is C22H26N4O7. The minimum Gasteiger partial charge on any atom is -0.463 e. The third-order valence-corrected chi connectivity index (χ3v) is 7.01. The van der Waals surface area contributed by atoms with Gasteiger partial charge in [0.2, 0.25) is 0 Å². The van der Waals surface area contributed by atoms with Crippen LogP contribution in [0.25, 0.3) is 0 Å². The van der Waals surface area contributed by atoms with E-state index in [1.54, 1.807) is 13.8 Å². The van der Waals surface area contributed by atoms with Gasteiger partial charge in [0.25, 0.3) is 11.3 Å². The first-order valence-electron chi connectivity index (χ1n) is 11.0. The molecule has 4 heterocycles. The fraction of sp³-hybridized carbons (Fsp3) is 0.545. The first kappa shape index (κ1) is 21.5. The highest BCUT2D eigenvalue weighted by atomic mass is 16.6. The highest BCUT2D eigenvalue weighted by Crippen LogP contribution is 2.56. The number of hydrogen-bond donors (Lipinski definition) is 0. The Morgan fingerprint density at radius 3 is 1.61 bits per heavy atom. The van der Waals surface area contributed by atoms with Gasteiger partial charge in [0.05, 0.1) is 26.3 Å². The molecule has 0 radical (unpaired) electrons. The van der Waals surface area contributed by atoms with Gasteiger partial charge in [0.15, 0.2) is 0 Å². The van der Waals surface area contributed by atoms with Crippen molar-refractivity contribution in [1.29, 1.82) is 0 Å². The molecule has 176 valence electrons. The minimum atomic E-state index is -2.06. The molecule has 4 aliphatic heterocycles. The lowest BCUT2D eigenvalue weighted by molar-refractivity contribution is -0.212. The van der Waals surface area contributed by atoms with E-state index in [9.17, 15) is 19.2 Å². The summed E-state index contributed by atoms with van der Waals surface area (Å²) >= 11 is 0. The summed E-state index contributed by atoms with van der Waals surface area (Å²) in [4.78, 5) is 59.8. The van der Waals surface area contributed by atoms with E-state index in [2.05, 4.69) is 0 Å². The molecule has 4 amide bonds. The topological polar surface area (TPSA) is 109 Å². The molecule has 0 aromatic heterocycles. The van der Waals surface area contributed by atoms with Gasteiger partial charge in [-0.25, -0.2) is 19.2 Å². The van der Waals surface area contributed by atoms with Crippen LogP contribution in [-0.2, 0) is 36.9 Å². The second-order valence-electron chi connectivity index (χ2n) is 8.55. The Morgan fingerprint density at radius 2 is 1.21 bits per heavy atom. The van der Waals surface area contributed by atoms with Crippen LogP contribution >= 0.6 is 0 Å². The quantitative estimate of drug-likeness (QED) is 0.625. The molecule has 3 fully saturated rings. The molecule has 0 saturated carbocycles. The summed E-state index contributed by atoms with van der Waals surface area (Å²) in [5.41, 5.74) is -0.502. The molecule has 1 aromatic rings. The molecule has 5 rings (SSSR count).